The Morgan fingerprint density at radius 2 is 1.91 bits per heavy atom. The Kier molecular flexibility index (Phi) is 10.3. The summed E-state index contributed by atoms with van der Waals surface area (Å²) in [7, 11) is -4.56. The van der Waals surface area contributed by atoms with Crippen molar-refractivity contribution in [1.29, 1.82) is 0 Å². The van der Waals surface area contributed by atoms with E-state index in [1.807, 2.05) is 30.3 Å². The van der Waals surface area contributed by atoms with Gasteiger partial charge in [0.25, 0.3) is 10.0 Å². The Morgan fingerprint density at radius 1 is 1.19 bits per heavy atom. The number of carbonyl (C=O) groups excluding carboxylic acids is 2. The zero-order valence-corrected chi connectivity index (χ0v) is 25.4. The highest BCUT2D eigenvalue weighted by Crippen LogP contribution is 2.37. The second kappa shape index (κ2) is 13.6. The monoisotopic (exact) mass is 621 g/mol. The minimum Gasteiger partial charge on any atom is -0.462 e. The molecule has 2 aliphatic rings. The van der Waals surface area contributed by atoms with Crippen LogP contribution in [0.25, 0.3) is 0 Å². The van der Waals surface area contributed by atoms with Crippen LogP contribution in [0.2, 0.25) is 0 Å². The van der Waals surface area contributed by atoms with E-state index in [1.54, 1.807) is 20.8 Å². The number of hydrogen-bond donors (Lipinski definition) is 3. The predicted molar refractivity (Wildman–Crippen MR) is 155 cm³/mol. The molecule has 2 aromatic carbocycles. The lowest BCUT2D eigenvalue weighted by molar-refractivity contribution is -0.151. The summed E-state index contributed by atoms with van der Waals surface area (Å²) in [5, 5.41) is 11.4. The van der Waals surface area contributed by atoms with Crippen molar-refractivity contribution in [2.45, 2.75) is 81.7 Å². The van der Waals surface area contributed by atoms with Gasteiger partial charge in [-0.3, -0.25) is 4.79 Å². The molecule has 4 rings (SSSR count). The molecule has 43 heavy (non-hydrogen) atoms. The van der Waals surface area contributed by atoms with Crippen LogP contribution in [0.4, 0.5) is 14.9 Å². The van der Waals surface area contributed by atoms with Gasteiger partial charge in [-0.15, -0.1) is 4.41 Å². The fourth-order valence-electron chi connectivity index (χ4n) is 5.46. The van der Waals surface area contributed by atoms with Gasteiger partial charge in [-0.25, -0.2) is 23.0 Å². The largest absolute Gasteiger partial charge is 0.462 e. The van der Waals surface area contributed by atoms with Gasteiger partial charge in [0, 0.05) is 18.9 Å². The van der Waals surface area contributed by atoms with E-state index in [0.29, 0.717) is 23.4 Å². The molecule has 0 bridgehead atoms. The standard InChI is InChI=1S/C30H40FN3O8S/c1-30(2,3)42-29(37)33-34(43(38,39)23-9-10-24(31)25(32)17-23)18-26(35)21(13-19-7-5-4-6-8-19)15-28(36)41-22-14-20-11-12-40-27(20)16-22/h4-10,17,20-22,26-27,35H,11-16,18,32H2,1-3H3,(H,33,37)/t20?,21-,22?,26-,27-/m1/s1. The van der Waals surface area contributed by atoms with Crippen LogP contribution in [0.5, 0.6) is 0 Å². The van der Waals surface area contributed by atoms with Crippen LogP contribution in [0.15, 0.2) is 53.4 Å². The molecule has 2 aromatic rings. The predicted octanol–water partition coefficient (Wildman–Crippen LogP) is 3.56. The molecule has 1 saturated heterocycles. The number of nitrogens with one attached hydrogen (secondary N) is 1. The third kappa shape index (κ3) is 8.88. The molecule has 0 spiro atoms. The van der Waals surface area contributed by atoms with Gasteiger partial charge < -0.3 is 25.1 Å². The minimum absolute atomic E-state index is 0.0849. The first-order valence-electron chi connectivity index (χ1n) is 14.3. The average molecular weight is 622 g/mol. The van der Waals surface area contributed by atoms with Crippen LogP contribution in [0.3, 0.4) is 0 Å². The van der Waals surface area contributed by atoms with Gasteiger partial charge in [-0.1, -0.05) is 30.3 Å². The van der Waals surface area contributed by atoms with E-state index in [1.165, 1.54) is 0 Å². The number of anilines is 1. The number of nitrogens with zero attached hydrogens (tertiary/aromatic N) is 1. The first-order valence-corrected chi connectivity index (χ1v) is 15.8. The lowest BCUT2D eigenvalue weighted by Gasteiger charge is -2.30. The second-order valence-electron chi connectivity index (χ2n) is 12.1. The molecule has 1 saturated carbocycles. The molecule has 236 valence electrons. The van der Waals surface area contributed by atoms with E-state index in [0.717, 1.165) is 36.6 Å². The van der Waals surface area contributed by atoms with Crippen LogP contribution in [-0.2, 0) is 35.4 Å². The first-order chi connectivity index (χ1) is 20.2. The summed E-state index contributed by atoms with van der Waals surface area (Å²) in [5.74, 6) is -1.76. The maximum atomic E-state index is 13.8. The van der Waals surface area contributed by atoms with Gasteiger partial charge in [0.1, 0.15) is 17.5 Å². The third-order valence-corrected chi connectivity index (χ3v) is 9.21. The van der Waals surface area contributed by atoms with Crippen LogP contribution in [0, 0.1) is 17.7 Å². The van der Waals surface area contributed by atoms with Crippen LogP contribution in [-0.4, -0.2) is 67.1 Å². The minimum atomic E-state index is -4.56. The van der Waals surface area contributed by atoms with Crippen molar-refractivity contribution in [2.24, 2.45) is 11.8 Å². The number of ether oxygens (including phenoxy) is 3. The molecule has 2 fully saturated rings. The maximum absolute atomic E-state index is 13.8. The van der Waals surface area contributed by atoms with E-state index in [-0.39, 0.29) is 25.0 Å². The fourth-order valence-corrected chi connectivity index (χ4v) is 6.77. The number of fused-ring (bicyclic) bond motifs is 1. The number of carbonyl (C=O) groups is 2. The number of halogens is 1. The highest BCUT2D eigenvalue weighted by molar-refractivity contribution is 7.89. The van der Waals surface area contributed by atoms with Crippen molar-refractivity contribution in [1.82, 2.24) is 9.84 Å². The fraction of sp³-hybridized carbons (Fsp3) is 0.533. The third-order valence-electron chi connectivity index (χ3n) is 7.54. The zero-order chi connectivity index (χ0) is 31.4. The van der Waals surface area contributed by atoms with Gasteiger partial charge in [-0.05, 0) is 69.7 Å². The summed E-state index contributed by atoms with van der Waals surface area (Å²) in [6.45, 7) is 4.87. The molecule has 0 aromatic heterocycles. The van der Waals surface area contributed by atoms with E-state index >= 15 is 0 Å². The summed E-state index contributed by atoms with van der Waals surface area (Å²) >= 11 is 0. The molecule has 0 radical (unpaired) electrons. The van der Waals surface area contributed by atoms with E-state index in [4.69, 9.17) is 19.9 Å². The maximum Gasteiger partial charge on any atom is 0.423 e. The van der Waals surface area contributed by atoms with Gasteiger partial charge >= 0.3 is 12.1 Å². The molecule has 1 aliphatic heterocycles. The molecular formula is C30H40FN3O8S. The zero-order valence-electron chi connectivity index (χ0n) is 24.6. The molecule has 1 aliphatic carbocycles. The summed E-state index contributed by atoms with van der Waals surface area (Å²) in [5.41, 5.74) is 7.24. The highest BCUT2D eigenvalue weighted by atomic mass is 32.2. The van der Waals surface area contributed by atoms with Crippen LogP contribution < -0.4 is 11.2 Å². The van der Waals surface area contributed by atoms with E-state index < -0.39 is 62.7 Å². The Morgan fingerprint density at radius 3 is 2.56 bits per heavy atom. The number of hydrogen-bond acceptors (Lipinski definition) is 9. The molecule has 1 heterocycles. The number of benzene rings is 2. The van der Waals surface area contributed by atoms with E-state index in [9.17, 15) is 27.5 Å². The molecule has 4 N–H and O–H groups in total. The van der Waals surface area contributed by atoms with Crippen molar-refractivity contribution in [3.05, 3.63) is 59.9 Å². The van der Waals surface area contributed by atoms with Crippen LogP contribution >= 0.6 is 0 Å². The number of esters is 1. The Bertz CT molecular complexity index is 1370. The van der Waals surface area contributed by atoms with Crippen molar-refractivity contribution in [3.8, 4) is 0 Å². The Labute approximate surface area is 251 Å². The number of sulfonamides is 1. The molecule has 11 nitrogen and oxygen atoms in total. The Balaban J connectivity index is 1.55. The van der Waals surface area contributed by atoms with Crippen molar-refractivity contribution in [3.63, 3.8) is 0 Å². The lowest BCUT2D eigenvalue weighted by atomic mass is 9.91. The normalized spacial score (nSPS) is 21.7. The molecule has 2 unspecified atom stereocenters. The summed E-state index contributed by atoms with van der Waals surface area (Å²) in [6, 6.07) is 11.9. The van der Waals surface area contributed by atoms with Crippen molar-refractivity contribution >= 4 is 27.8 Å². The summed E-state index contributed by atoms with van der Waals surface area (Å²) in [6.07, 6.45) is -0.444. The van der Waals surface area contributed by atoms with Gasteiger partial charge in [0.15, 0.2) is 0 Å². The molecule has 5 atom stereocenters. The molecule has 13 heteroatoms. The molecule has 1 amide bonds. The van der Waals surface area contributed by atoms with Gasteiger partial charge in [-0.2, -0.15) is 0 Å². The number of rotatable bonds is 11. The number of hydrazine groups is 1. The van der Waals surface area contributed by atoms with Gasteiger partial charge in [0.05, 0.1) is 35.8 Å². The van der Waals surface area contributed by atoms with Crippen molar-refractivity contribution < 1.29 is 41.7 Å². The number of aliphatic hydroxyl groups excluding tert-OH is 1. The van der Waals surface area contributed by atoms with Crippen molar-refractivity contribution in [2.75, 3.05) is 18.9 Å². The Hall–Kier alpha value is -3.26. The lowest BCUT2D eigenvalue weighted by Crippen LogP contribution is -2.52. The molecular weight excluding hydrogens is 581 g/mol. The average Bonchev–Trinajstić information content (AvgIpc) is 3.51. The topological polar surface area (TPSA) is 157 Å². The van der Waals surface area contributed by atoms with E-state index in [2.05, 4.69) is 5.43 Å². The van der Waals surface area contributed by atoms with Crippen LogP contribution in [0.1, 0.15) is 52.0 Å². The van der Waals surface area contributed by atoms with Gasteiger partial charge in [0.2, 0.25) is 0 Å². The number of amides is 1. The SMILES string of the molecule is CC(C)(C)OC(=O)NN(C[C@@H](O)[C@@H](CC(=O)OC1CC2CCO[C@@H]2C1)Cc1ccccc1)S(=O)(=O)c1ccc(F)c(N)c1. The summed E-state index contributed by atoms with van der Waals surface area (Å²) in [4.78, 5) is 25.3. The number of aliphatic hydroxyl groups is 1. The number of nitrogens with two attached hydrogens (primary N) is 1. The summed E-state index contributed by atoms with van der Waals surface area (Å²) < 4.78 is 58.3. The highest BCUT2D eigenvalue weighted by Gasteiger charge is 2.41. The first kappa shape index (κ1) is 32.6. The quantitative estimate of drug-likeness (QED) is 0.194. The second-order valence-corrected chi connectivity index (χ2v) is 14.0. The number of nitrogen functional groups attached to an aromatic ring is 1. The smallest absolute Gasteiger partial charge is 0.423 e.